The summed E-state index contributed by atoms with van der Waals surface area (Å²) < 4.78 is 21.1. The van der Waals surface area contributed by atoms with Crippen molar-refractivity contribution in [2.24, 2.45) is 0 Å². The maximum Gasteiger partial charge on any atom is 0.246 e. The van der Waals surface area contributed by atoms with Gasteiger partial charge in [0.05, 0.1) is 28.4 Å². The molecule has 0 saturated carbocycles. The van der Waals surface area contributed by atoms with E-state index in [2.05, 4.69) is 0 Å². The standard InChI is InChI=1S/C21H25NO5/c1-22(14-15-6-9-19(26-4)20(12-15)27-5)21(23)11-7-16-13-17(24-2)8-10-18(16)25-3/h6-13H,14H2,1-5H3/b11-7+. The van der Waals surface area contributed by atoms with Gasteiger partial charge in [0.15, 0.2) is 11.5 Å². The van der Waals surface area contributed by atoms with Crippen LogP contribution in [0.15, 0.2) is 42.5 Å². The minimum Gasteiger partial charge on any atom is -0.497 e. The summed E-state index contributed by atoms with van der Waals surface area (Å²) in [6.45, 7) is 0.443. The van der Waals surface area contributed by atoms with Gasteiger partial charge in [-0.2, -0.15) is 0 Å². The summed E-state index contributed by atoms with van der Waals surface area (Å²) in [6.07, 6.45) is 3.23. The molecule has 0 aliphatic carbocycles. The molecule has 0 radical (unpaired) electrons. The number of hydrogen-bond acceptors (Lipinski definition) is 5. The average Bonchev–Trinajstić information content (AvgIpc) is 2.71. The van der Waals surface area contributed by atoms with Crippen molar-refractivity contribution >= 4 is 12.0 Å². The highest BCUT2D eigenvalue weighted by Crippen LogP contribution is 2.28. The first kappa shape index (κ1) is 20.2. The number of nitrogens with zero attached hydrogens (tertiary/aromatic N) is 1. The number of rotatable bonds is 8. The molecular formula is C21H25NO5. The summed E-state index contributed by atoms with van der Waals surface area (Å²) in [6, 6.07) is 11.0. The van der Waals surface area contributed by atoms with Crippen LogP contribution in [-0.4, -0.2) is 46.3 Å². The van der Waals surface area contributed by atoms with E-state index in [9.17, 15) is 4.79 Å². The Kier molecular flexibility index (Phi) is 7.11. The van der Waals surface area contributed by atoms with Gasteiger partial charge < -0.3 is 23.8 Å². The van der Waals surface area contributed by atoms with E-state index in [1.165, 1.54) is 6.08 Å². The van der Waals surface area contributed by atoms with Gasteiger partial charge in [-0.3, -0.25) is 4.79 Å². The van der Waals surface area contributed by atoms with Crippen LogP contribution in [-0.2, 0) is 11.3 Å². The van der Waals surface area contributed by atoms with Gasteiger partial charge in [0, 0.05) is 25.2 Å². The van der Waals surface area contributed by atoms with Gasteiger partial charge in [-0.05, 0) is 42.0 Å². The highest BCUT2D eigenvalue weighted by atomic mass is 16.5. The van der Waals surface area contributed by atoms with E-state index >= 15 is 0 Å². The summed E-state index contributed by atoms with van der Waals surface area (Å²) in [7, 11) is 8.10. The second kappa shape index (κ2) is 9.52. The molecule has 0 bridgehead atoms. The molecule has 1 amide bonds. The van der Waals surface area contributed by atoms with Crippen LogP contribution in [0.2, 0.25) is 0 Å². The Labute approximate surface area is 159 Å². The molecule has 144 valence electrons. The third kappa shape index (κ3) is 5.17. The summed E-state index contributed by atoms with van der Waals surface area (Å²) in [5.74, 6) is 2.52. The monoisotopic (exact) mass is 371 g/mol. The smallest absolute Gasteiger partial charge is 0.246 e. The fourth-order valence-corrected chi connectivity index (χ4v) is 2.59. The Hall–Kier alpha value is -3.15. The molecule has 0 unspecified atom stereocenters. The third-order valence-corrected chi connectivity index (χ3v) is 4.09. The highest BCUT2D eigenvalue weighted by molar-refractivity contribution is 5.92. The van der Waals surface area contributed by atoms with E-state index in [-0.39, 0.29) is 5.91 Å². The van der Waals surface area contributed by atoms with Gasteiger partial charge in [-0.15, -0.1) is 0 Å². The number of ether oxygens (including phenoxy) is 4. The quantitative estimate of drug-likeness (QED) is 0.666. The molecule has 0 aliphatic rings. The Morgan fingerprint density at radius 1 is 0.889 bits per heavy atom. The number of carbonyl (C=O) groups excluding carboxylic acids is 1. The van der Waals surface area contributed by atoms with Crippen LogP contribution in [0.4, 0.5) is 0 Å². The summed E-state index contributed by atoms with van der Waals surface area (Å²) in [4.78, 5) is 14.1. The molecule has 2 aromatic carbocycles. The maximum absolute atomic E-state index is 12.5. The van der Waals surface area contributed by atoms with Crippen molar-refractivity contribution in [1.29, 1.82) is 0 Å². The molecule has 0 aliphatic heterocycles. The minimum absolute atomic E-state index is 0.130. The molecule has 0 spiro atoms. The SMILES string of the molecule is COc1ccc(OC)c(/C=C/C(=O)N(C)Cc2ccc(OC)c(OC)c2)c1. The number of carbonyl (C=O) groups is 1. The predicted molar refractivity (Wildman–Crippen MR) is 105 cm³/mol. The molecule has 27 heavy (non-hydrogen) atoms. The number of hydrogen-bond donors (Lipinski definition) is 0. The Morgan fingerprint density at radius 2 is 1.56 bits per heavy atom. The third-order valence-electron chi connectivity index (χ3n) is 4.09. The van der Waals surface area contributed by atoms with E-state index in [1.807, 2.05) is 24.3 Å². The fourth-order valence-electron chi connectivity index (χ4n) is 2.59. The fraction of sp³-hybridized carbons (Fsp3) is 0.286. The van der Waals surface area contributed by atoms with Crippen molar-refractivity contribution in [2.45, 2.75) is 6.54 Å². The first-order valence-electron chi connectivity index (χ1n) is 8.38. The largest absolute Gasteiger partial charge is 0.497 e. The lowest BCUT2D eigenvalue weighted by molar-refractivity contribution is -0.125. The summed E-state index contributed by atoms with van der Waals surface area (Å²) in [5, 5.41) is 0. The molecule has 6 nitrogen and oxygen atoms in total. The van der Waals surface area contributed by atoms with Gasteiger partial charge in [0.2, 0.25) is 5.91 Å². The second-order valence-electron chi connectivity index (χ2n) is 5.82. The molecule has 0 atom stereocenters. The molecule has 0 heterocycles. The van der Waals surface area contributed by atoms with E-state index in [0.717, 1.165) is 11.1 Å². The van der Waals surface area contributed by atoms with Crippen LogP contribution >= 0.6 is 0 Å². The van der Waals surface area contributed by atoms with Crippen LogP contribution < -0.4 is 18.9 Å². The van der Waals surface area contributed by atoms with Gasteiger partial charge >= 0.3 is 0 Å². The predicted octanol–water partition coefficient (Wildman–Crippen LogP) is 3.39. The first-order chi connectivity index (χ1) is 13.0. The van der Waals surface area contributed by atoms with Gasteiger partial charge in [0.25, 0.3) is 0 Å². The van der Waals surface area contributed by atoms with Crippen molar-refractivity contribution in [1.82, 2.24) is 4.90 Å². The van der Waals surface area contributed by atoms with Crippen molar-refractivity contribution in [3.8, 4) is 23.0 Å². The maximum atomic E-state index is 12.5. The topological polar surface area (TPSA) is 57.2 Å². The molecule has 0 saturated heterocycles. The van der Waals surface area contributed by atoms with Gasteiger partial charge in [0.1, 0.15) is 11.5 Å². The van der Waals surface area contributed by atoms with Crippen molar-refractivity contribution < 1.29 is 23.7 Å². The van der Waals surface area contributed by atoms with Crippen LogP contribution in [0.5, 0.6) is 23.0 Å². The van der Waals surface area contributed by atoms with E-state index in [1.54, 1.807) is 58.6 Å². The van der Waals surface area contributed by atoms with E-state index < -0.39 is 0 Å². The number of benzene rings is 2. The summed E-state index contributed by atoms with van der Waals surface area (Å²) in [5.41, 5.74) is 1.71. The normalized spacial score (nSPS) is 10.6. The van der Waals surface area contributed by atoms with Gasteiger partial charge in [-0.1, -0.05) is 6.07 Å². The lowest BCUT2D eigenvalue weighted by Crippen LogP contribution is -2.24. The van der Waals surface area contributed by atoms with E-state index in [0.29, 0.717) is 29.5 Å². The van der Waals surface area contributed by atoms with Crippen LogP contribution in [0.25, 0.3) is 6.08 Å². The van der Waals surface area contributed by atoms with Crippen LogP contribution in [0.1, 0.15) is 11.1 Å². The first-order valence-corrected chi connectivity index (χ1v) is 8.38. The number of likely N-dealkylation sites (N-methyl/N-ethyl adjacent to an activating group) is 1. The lowest BCUT2D eigenvalue weighted by Gasteiger charge is -2.16. The number of amides is 1. The molecule has 2 aromatic rings. The van der Waals surface area contributed by atoms with Crippen LogP contribution in [0.3, 0.4) is 0 Å². The molecule has 0 aromatic heterocycles. The number of methoxy groups -OCH3 is 4. The Balaban J connectivity index is 2.11. The van der Waals surface area contributed by atoms with Crippen LogP contribution in [0, 0.1) is 0 Å². The molecular weight excluding hydrogens is 346 g/mol. The molecule has 0 fully saturated rings. The second-order valence-corrected chi connectivity index (χ2v) is 5.82. The van der Waals surface area contributed by atoms with Crippen molar-refractivity contribution in [2.75, 3.05) is 35.5 Å². The summed E-state index contributed by atoms with van der Waals surface area (Å²) >= 11 is 0. The molecule has 2 rings (SSSR count). The lowest BCUT2D eigenvalue weighted by atomic mass is 10.1. The van der Waals surface area contributed by atoms with Crippen molar-refractivity contribution in [3.05, 3.63) is 53.6 Å². The zero-order valence-corrected chi connectivity index (χ0v) is 16.3. The van der Waals surface area contributed by atoms with Gasteiger partial charge in [-0.25, -0.2) is 0 Å². The highest BCUT2D eigenvalue weighted by Gasteiger charge is 2.10. The Morgan fingerprint density at radius 3 is 2.19 bits per heavy atom. The van der Waals surface area contributed by atoms with E-state index in [4.69, 9.17) is 18.9 Å². The Bertz CT molecular complexity index is 816. The zero-order valence-electron chi connectivity index (χ0n) is 16.3. The zero-order chi connectivity index (χ0) is 19.8. The van der Waals surface area contributed by atoms with Crippen molar-refractivity contribution in [3.63, 3.8) is 0 Å². The molecule has 6 heteroatoms. The molecule has 0 N–H and O–H groups in total. The average molecular weight is 371 g/mol. The minimum atomic E-state index is -0.130.